The molecule has 0 saturated carbocycles. The Balaban J connectivity index is 1.40. The van der Waals surface area contributed by atoms with Crippen molar-refractivity contribution in [3.05, 3.63) is 119 Å². The van der Waals surface area contributed by atoms with E-state index in [9.17, 15) is 0 Å². The Bertz CT molecular complexity index is 1580. The summed E-state index contributed by atoms with van der Waals surface area (Å²) in [5.41, 5.74) is 4.65. The van der Waals surface area contributed by atoms with Gasteiger partial charge in [-0.2, -0.15) is 0 Å². The molecule has 6 aromatic rings. The van der Waals surface area contributed by atoms with Gasteiger partial charge in [-0.3, -0.25) is 0 Å². The molecule has 6 rings (SSSR count). The van der Waals surface area contributed by atoms with Crippen LogP contribution in [-0.2, 0) is 0 Å². The largest absolute Gasteiger partial charge is 0.356 e. The summed E-state index contributed by atoms with van der Waals surface area (Å²) in [5, 5.41) is 11.3. The standard InChI is InChI=1S/C30H20IN/c31-24-11-15-26(16-12-24)32-25-13-7-20(8-14-25)23-6-5-22-10-17-28-27-4-2-1-3-21(27)9-18-29(28)30(22)19-23/h1-19,32H. The maximum absolute atomic E-state index is 3.48. The summed E-state index contributed by atoms with van der Waals surface area (Å²) in [6.07, 6.45) is 0. The molecular formula is C30H20IN. The van der Waals surface area contributed by atoms with Crippen LogP contribution in [0.25, 0.3) is 43.4 Å². The van der Waals surface area contributed by atoms with Crippen LogP contribution >= 0.6 is 22.6 Å². The van der Waals surface area contributed by atoms with Gasteiger partial charge in [0.05, 0.1) is 0 Å². The smallest absolute Gasteiger partial charge is 0.0384 e. The average molecular weight is 521 g/mol. The molecule has 1 N–H and O–H groups in total. The van der Waals surface area contributed by atoms with E-state index in [-0.39, 0.29) is 0 Å². The zero-order valence-corrected chi connectivity index (χ0v) is 19.5. The summed E-state index contributed by atoms with van der Waals surface area (Å²) >= 11 is 2.33. The molecule has 0 fully saturated rings. The molecule has 0 atom stereocenters. The molecule has 6 aromatic carbocycles. The van der Waals surface area contributed by atoms with E-state index in [0.717, 1.165) is 11.4 Å². The van der Waals surface area contributed by atoms with Gasteiger partial charge in [0.2, 0.25) is 0 Å². The normalized spacial score (nSPS) is 11.3. The second-order valence-corrected chi connectivity index (χ2v) is 9.34. The lowest BCUT2D eigenvalue weighted by Crippen LogP contribution is -1.90. The van der Waals surface area contributed by atoms with Crippen molar-refractivity contribution < 1.29 is 0 Å². The molecule has 0 unspecified atom stereocenters. The van der Waals surface area contributed by atoms with Crippen LogP contribution in [0.4, 0.5) is 11.4 Å². The Labute approximate surface area is 200 Å². The molecule has 0 aromatic heterocycles. The monoisotopic (exact) mass is 521 g/mol. The summed E-state index contributed by atoms with van der Waals surface area (Å²) < 4.78 is 1.24. The van der Waals surface area contributed by atoms with Gasteiger partial charge < -0.3 is 5.32 Å². The minimum atomic E-state index is 1.09. The molecule has 0 saturated heterocycles. The SMILES string of the molecule is Ic1ccc(Nc2ccc(-c3ccc4ccc5c6ccccc6ccc5c4c3)cc2)cc1. The summed E-state index contributed by atoms with van der Waals surface area (Å²) in [6, 6.07) is 41.5. The predicted octanol–water partition coefficient (Wildman–Crippen LogP) is 9.16. The van der Waals surface area contributed by atoms with E-state index < -0.39 is 0 Å². The molecule has 0 heterocycles. The minimum absolute atomic E-state index is 1.09. The lowest BCUT2D eigenvalue weighted by atomic mass is 9.94. The molecule has 0 amide bonds. The van der Waals surface area contributed by atoms with Gasteiger partial charge in [-0.25, -0.2) is 0 Å². The fourth-order valence-corrected chi connectivity index (χ4v) is 4.80. The number of nitrogens with one attached hydrogen (secondary N) is 1. The lowest BCUT2D eigenvalue weighted by Gasteiger charge is -2.11. The Morgan fingerprint density at radius 1 is 0.438 bits per heavy atom. The van der Waals surface area contributed by atoms with Crippen molar-refractivity contribution in [2.45, 2.75) is 0 Å². The molecule has 1 nitrogen and oxygen atoms in total. The first kappa shape index (κ1) is 19.3. The Morgan fingerprint density at radius 3 is 1.75 bits per heavy atom. The first-order valence-electron chi connectivity index (χ1n) is 10.7. The maximum Gasteiger partial charge on any atom is 0.0384 e. The number of rotatable bonds is 3. The third kappa shape index (κ3) is 3.51. The van der Waals surface area contributed by atoms with E-state index in [1.54, 1.807) is 0 Å². The first-order valence-corrected chi connectivity index (χ1v) is 11.8. The Morgan fingerprint density at radius 2 is 1.00 bits per heavy atom. The van der Waals surface area contributed by atoms with Crippen LogP contribution in [0.3, 0.4) is 0 Å². The molecule has 0 bridgehead atoms. The molecule has 0 aliphatic rings. The third-order valence-corrected chi connectivity index (χ3v) is 6.81. The molecule has 152 valence electrons. The van der Waals surface area contributed by atoms with Crippen LogP contribution in [0.2, 0.25) is 0 Å². The Kier molecular flexibility index (Phi) is 4.80. The van der Waals surface area contributed by atoms with Gasteiger partial charge in [0.1, 0.15) is 0 Å². The number of fused-ring (bicyclic) bond motifs is 5. The number of benzene rings is 6. The molecule has 0 aliphatic heterocycles. The summed E-state index contributed by atoms with van der Waals surface area (Å²) in [4.78, 5) is 0. The second kappa shape index (κ2) is 7.95. The van der Waals surface area contributed by atoms with Crippen LogP contribution < -0.4 is 5.32 Å². The van der Waals surface area contributed by atoms with Crippen LogP contribution in [0.1, 0.15) is 0 Å². The highest BCUT2D eigenvalue weighted by Crippen LogP contribution is 2.34. The van der Waals surface area contributed by atoms with Gasteiger partial charge in [-0.1, -0.05) is 72.8 Å². The number of anilines is 2. The number of hydrogen-bond donors (Lipinski definition) is 1. The van der Waals surface area contributed by atoms with Crippen LogP contribution in [0.5, 0.6) is 0 Å². The fraction of sp³-hybridized carbons (Fsp3) is 0. The van der Waals surface area contributed by atoms with Crippen LogP contribution in [-0.4, -0.2) is 0 Å². The quantitative estimate of drug-likeness (QED) is 0.181. The maximum atomic E-state index is 3.48. The van der Waals surface area contributed by atoms with E-state index >= 15 is 0 Å². The predicted molar refractivity (Wildman–Crippen MR) is 147 cm³/mol. The van der Waals surface area contributed by atoms with Crippen molar-refractivity contribution in [2.75, 3.05) is 5.32 Å². The highest BCUT2D eigenvalue weighted by atomic mass is 127. The zero-order valence-electron chi connectivity index (χ0n) is 17.3. The topological polar surface area (TPSA) is 12.0 Å². The Hall–Kier alpha value is -3.37. The molecule has 2 heteroatoms. The summed E-state index contributed by atoms with van der Waals surface area (Å²) in [7, 11) is 0. The fourth-order valence-electron chi connectivity index (χ4n) is 4.44. The van der Waals surface area contributed by atoms with E-state index in [0.29, 0.717) is 0 Å². The second-order valence-electron chi connectivity index (χ2n) is 8.09. The third-order valence-electron chi connectivity index (χ3n) is 6.09. The van der Waals surface area contributed by atoms with Crippen molar-refractivity contribution in [1.82, 2.24) is 0 Å². The molecule has 32 heavy (non-hydrogen) atoms. The van der Waals surface area contributed by atoms with E-state index in [1.165, 1.54) is 47.0 Å². The minimum Gasteiger partial charge on any atom is -0.356 e. The van der Waals surface area contributed by atoms with Gasteiger partial charge in [-0.05, 0) is 108 Å². The van der Waals surface area contributed by atoms with Gasteiger partial charge in [0.25, 0.3) is 0 Å². The van der Waals surface area contributed by atoms with Crippen molar-refractivity contribution in [1.29, 1.82) is 0 Å². The highest BCUT2D eigenvalue weighted by Gasteiger charge is 2.07. The lowest BCUT2D eigenvalue weighted by molar-refractivity contribution is 1.53. The number of hydrogen-bond acceptors (Lipinski definition) is 1. The first-order chi connectivity index (χ1) is 15.7. The van der Waals surface area contributed by atoms with Gasteiger partial charge in [0.15, 0.2) is 0 Å². The molecule has 0 aliphatic carbocycles. The highest BCUT2D eigenvalue weighted by molar-refractivity contribution is 14.1. The van der Waals surface area contributed by atoms with Crippen LogP contribution in [0, 0.1) is 3.57 Å². The van der Waals surface area contributed by atoms with Gasteiger partial charge in [-0.15, -0.1) is 0 Å². The van der Waals surface area contributed by atoms with Gasteiger partial charge >= 0.3 is 0 Å². The summed E-state index contributed by atoms with van der Waals surface area (Å²) in [6.45, 7) is 0. The zero-order chi connectivity index (χ0) is 21.5. The molecule has 0 radical (unpaired) electrons. The van der Waals surface area contributed by atoms with E-state index in [2.05, 4.69) is 143 Å². The number of halogens is 1. The van der Waals surface area contributed by atoms with Crippen LogP contribution in [0.15, 0.2) is 115 Å². The van der Waals surface area contributed by atoms with E-state index in [4.69, 9.17) is 0 Å². The van der Waals surface area contributed by atoms with E-state index in [1.807, 2.05) is 0 Å². The van der Waals surface area contributed by atoms with Crippen molar-refractivity contribution >= 4 is 66.3 Å². The molecule has 0 spiro atoms. The molecular weight excluding hydrogens is 501 g/mol. The van der Waals surface area contributed by atoms with Crippen molar-refractivity contribution in [3.63, 3.8) is 0 Å². The summed E-state index contributed by atoms with van der Waals surface area (Å²) in [5.74, 6) is 0. The van der Waals surface area contributed by atoms with Crippen molar-refractivity contribution in [3.8, 4) is 11.1 Å². The van der Waals surface area contributed by atoms with Crippen molar-refractivity contribution in [2.24, 2.45) is 0 Å². The van der Waals surface area contributed by atoms with Gasteiger partial charge in [0, 0.05) is 14.9 Å². The average Bonchev–Trinajstić information content (AvgIpc) is 2.85.